The molecule has 1 atom stereocenters. The lowest BCUT2D eigenvalue weighted by Crippen LogP contribution is -2.45. The van der Waals surface area contributed by atoms with Crippen molar-refractivity contribution in [3.8, 4) is 0 Å². The SMILES string of the molecule is CN=C1S/C(=C\c2cc3c(cc2C)N(C)C(C)(C)CC3C)C(=O)N1C. The Balaban J connectivity index is 2.05. The molecule has 0 aromatic heterocycles. The number of likely N-dealkylation sites (N-methyl/N-ethyl adjacent to an activating group) is 1. The third-order valence-electron chi connectivity index (χ3n) is 5.50. The summed E-state index contributed by atoms with van der Waals surface area (Å²) >= 11 is 1.45. The molecule has 134 valence electrons. The van der Waals surface area contributed by atoms with Crippen LogP contribution >= 0.6 is 11.8 Å². The minimum atomic E-state index is 0.0222. The molecule has 4 nitrogen and oxygen atoms in total. The summed E-state index contributed by atoms with van der Waals surface area (Å²) in [6, 6.07) is 4.53. The summed E-state index contributed by atoms with van der Waals surface area (Å²) in [6.45, 7) is 9.01. The summed E-state index contributed by atoms with van der Waals surface area (Å²) in [5, 5.41) is 0.752. The van der Waals surface area contributed by atoms with Crippen LogP contribution in [-0.2, 0) is 4.79 Å². The van der Waals surface area contributed by atoms with Crippen LogP contribution in [0.1, 0.15) is 49.8 Å². The number of nitrogens with zero attached hydrogens (tertiary/aromatic N) is 3. The summed E-state index contributed by atoms with van der Waals surface area (Å²) in [6.07, 6.45) is 3.14. The molecule has 1 amide bonds. The second-order valence-electron chi connectivity index (χ2n) is 7.73. The van der Waals surface area contributed by atoms with Crippen LogP contribution in [0.4, 0.5) is 5.69 Å². The highest BCUT2D eigenvalue weighted by molar-refractivity contribution is 8.18. The first kappa shape index (κ1) is 18.1. The first-order chi connectivity index (χ1) is 11.7. The summed E-state index contributed by atoms with van der Waals surface area (Å²) in [4.78, 5) is 21.3. The maximum Gasteiger partial charge on any atom is 0.266 e. The van der Waals surface area contributed by atoms with E-state index < -0.39 is 0 Å². The highest BCUT2D eigenvalue weighted by atomic mass is 32.2. The Morgan fingerprint density at radius 1 is 1.32 bits per heavy atom. The molecule has 0 saturated carbocycles. The van der Waals surface area contributed by atoms with Gasteiger partial charge in [0.1, 0.15) is 0 Å². The molecular weight excluding hydrogens is 330 g/mol. The number of carbonyl (C=O) groups is 1. The molecule has 1 aromatic rings. The monoisotopic (exact) mass is 357 g/mol. The first-order valence-electron chi connectivity index (χ1n) is 8.68. The summed E-state index contributed by atoms with van der Waals surface area (Å²) < 4.78 is 0. The van der Waals surface area contributed by atoms with Crippen LogP contribution in [0.15, 0.2) is 22.0 Å². The van der Waals surface area contributed by atoms with Crippen molar-refractivity contribution >= 4 is 34.6 Å². The van der Waals surface area contributed by atoms with Crippen molar-refractivity contribution in [3.05, 3.63) is 33.7 Å². The molecule has 3 rings (SSSR count). The quantitative estimate of drug-likeness (QED) is 0.705. The number of anilines is 1. The second-order valence-corrected chi connectivity index (χ2v) is 8.73. The fourth-order valence-electron chi connectivity index (χ4n) is 3.78. The zero-order valence-corrected chi connectivity index (χ0v) is 17.0. The normalized spacial score (nSPS) is 25.9. The van der Waals surface area contributed by atoms with Crippen molar-refractivity contribution < 1.29 is 4.79 Å². The molecule has 2 aliphatic heterocycles. The highest BCUT2D eigenvalue weighted by Gasteiger charge is 2.35. The van der Waals surface area contributed by atoms with E-state index >= 15 is 0 Å². The van der Waals surface area contributed by atoms with Gasteiger partial charge in [-0.25, -0.2) is 0 Å². The number of amidine groups is 1. The molecule has 25 heavy (non-hydrogen) atoms. The summed E-state index contributed by atoms with van der Waals surface area (Å²) in [5.74, 6) is 0.523. The number of hydrogen-bond acceptors (Lipinski definition) is 4. The standard InChI is InChI=1S/C20H27N3OS/c1-12-8-16-15(13(2)11-20(3,4)23(16)7)9-14(12)10-17-18(24)22(6)19(21-5)25-17/h8-10,13H,11H2,1-7H3/b17-10-,21-19?. The lowest BCUT2D eigenvalue weighted by atomic mass is 9.79. The van der Waals surface area contributed by atoms with Crippen molar-refractivity contribution in [1.29, 1.82) is 0 Å². The zero-order chi connectivity index (χ0) is 18.5. The largest absolute Gasteiger partial charge is 0.369 e. The number of amides is 1. The summed E-state index contributed by atoms with van der Waals surface area (Å²) in [5.41, 5.74) is 5.15. The van der Waals surface area contributed by atoms with E-state index in [4.69, 9.17) is 0 Å². The molecule has 0 N–H and O–H groups in total. The fraction of sp³-hybridized carbons (Fsp3) is 0.500. The molecule has 1 aromatic carbocycles. The number of aliphatic imine (C=N–C) groups is 1. The molecule has 0 aliphatic carbocycles. The average molecular weight is 358 g/mol. The Morgan fingerprint density at radius 3 is 2.60 bits per heavy atom. The molecule has 2 heterocycles. The van der Waals surface area contributed by atoms with Crippen LogP contribution in [-0.4, -0.2) is 42.7 Å². The number of rotatable bonds is 1. The Hall–Kier alpha value is -1.75. The third-order valence-corrected chi connectivity index (χ3v) is 6.65. The van der Waals surface area contributed by atoms with Gasteiger partial charge in [-0.05, 0) is 79.8 Å². The molecular formula is C20H27N3OS. The van der Waals surface area contributed by atoms with Crippen molar-refractivity contribution in [3.63, 3.8) is 0 Å². The Labute approximate surface area is 155 Å². The van der Waals surface area contributed by atoms with E-state index in [0.717, 1.165) is 22.1 Å². The molecule has 1 fully saturated rings. The first-order valence-corrected chi connectivity index (χ1v) is 9.50. The van der Waals surface area contributed by atoms with Crippen LogP contribution < -0.4 is 4.90 Å². The maximum atomic E-state index is 12.4. The average Bonchev–Trinajstić information content (AvgIpc) is 2.81. The van der Waals surface area contributed by atoms with Crippen LogP contribution in [0.2, 0.25) is 0 Å². The third kappa shape index (κ3) is 2.99. The molecule has 1 saturated heterocycles. The van der Waals surface area contributed by atoms with Crippen molar-refractivity contribution in [1.82, 2.24) is 4.90 Å². The predicted octanol–water partition coefficient (Wildman–Crippen LogP) is 4.25. The van der Waals surface area contributed by atoms with Crippen LogP contribution in [0, 0.1) is 6.92 Å². The van der Waals surface area contributed by atoms with Gasteiger partial charge >= 0.3 is 0 Å². The lowest BCUT2D eigenvalue weighted by Gasteiger charge is -2.45. The van der Waals surface area contributed by atoms with E-state index in [1.165, 1.54) is 28.6 Å². The number of hydrogen-bond donors (Lipinski definition) is 0. The molecule has 5 heteroatoms. The summed E-state index contributed by atoms with van der Waals surface area (Å²) in [7, 11) is 5.67. The smallest absolute Gasteiger partial charge is 0.266 e. The molecule has 1 unspecified atom stereocenters. The van der Waals surface area contributed by atoms with Gasteiger partial charge in [-0.15, -0.1) is 0 Å². The topological polar surface area (TPSA) is 35.9 Å². The van der Waals surface area contributed by atoms with E-state index in [-0.39, 0.29) is 11.4 Å². The van der Waals surface area contributed by atoms with Gasteiger partial charge in [0.05, 0.1) is 4.91 Å². The van der Waals surface area contributed by atoms with Gasteiger partial charge in [-0.1, -0.05) is 6.92 Å². The maximum absolute atomic E-state index is 12.4. The second kappa shape index (κ2) is 6.20. The minimum absolute atomic E-state index is 0.0222. The van der Waals surface area contributed by atoms with Crippen LogP contribution in [0.5, 0.6) is 0 Å². The Morgan fingerprint density at radius 2 is 2.00 bits per heavy atom. The Kier molecular flexibility index (Phi) is 4.48. The van der Waals surface area contributed by atoms with Gasteiger partial charge in [0.25, 0.3) is 5.91 Å². The fourth-order valence-corrected chi connectivity index (χ4v) is 4.70. The number of fused-ring (bicyclic) bond motifs is 1. The van der Waals surface area contributed by atoms with E-state index in [2.05, 4.69) is 56.8 Å². The van der Waals surface area contributed by atoms with Crippen LogP contribution in [0.25, 0.3) is 6.08 Å². The van der Waals surface area contributed by atoms with Crippen molar-refractivity contribution in [2.24, 2.45) is 4.99 Å². The number of benzene rings is 1. The van der Waals surface area contributed by atoms with E-state index in [9.17, 15) is 4.79 Å². The van der Waals surface area contributed by atoms with Crippen molar-refractivity contribution in [2.75, 3.05) is 26.0 Å². The molecule has 0 spiro atoms. The van der Waals surface area contributed by atoms with Crippen molar-refractivity contribution in [2.45, 2.75) is 45.6 Å². The van der Waals surface area contributed by atoms with Gasteiger partial charge in [0.15, 0.2) is 5.17 Å². The minimum Gasteiger partial charge on any atom is -0.369 e. The molecule has 0 radical (unpaired) electrons. The van der Waals surface area contributed by atoms with Gasteiger partial charge in [-0.3, -0.25) is 14.7 Å². The highest BCUT2D eigenvalue weighted by Crippen LogP contribution is 2.44. The van der Waals surface area contributed by atoms with Gasteiger partial charge in [0, 0.05) is 32.4 Å². The van der Waals surface area contributed by atoms with Crippen LogP contribution in [0.3, 0.4) is 0 Å². The number of carbonyl (C=O) groups excluding carboxylic acids is 1. The number of aryl methyl sites for hydroxylation is 1. The Bertz CT molecular complexity index is 794. The lowest BCUT2D eigenvalue weighted by molar-refractivity contribution is -0.121. The van der Waals surface area contributed by atoms with Gasteiger partial charge in [-0.2, -0.15) is 0 Å². The van der Waals surface area contributed by atoms with Gasteiger partial charge in [0.2, 0.25) is 0 Å². The van der Waals surface area contributed by atoms with E-state index in [1.807, 2.05) is 6.08 Å². The zero-order valence-electron chi connectivity index (χ0n) is 16.2. The van der Waals surface area contributed by atoms with E-state index in [1.54, 1.807) is 19.0 Å². The number of thioether (sulfide) groups is 1. The molecule has 0 bridgehead atoms. The predicted molar refractivity (Wildman–Crippen MR) is 108 cm³/mol. The van der Waals surface area contributed by atoms with Gasteiger partial charge < -0.3 is 4.90 Å². The van der Waals surface area contributed by atoms with E-state index in [0.29, 0.717) is 5.92 Å². The molecule has 2 aliphatic rings.